The number of halogens is 3. The fourth-order valence-electron chi connectivity index (χ4n) is 2.62. The molecule has 0 spiro atoms. The SMILES string of the molecule is CC[C@H]1O[C@@H](n2cnc3c(Cl)nc(N)nc32)C(Cl)(Cl)[C@@H]1C. The molecule has 0 saturated carbocycles. The highest BCUT2D eigenvalue weighted by Crippen LogP contribution is 2.51. The summed E-state index contributed by atoms with van der Waals surface area (Å²) >= 11 is 19.1. The van der Waals surface area contributed by atoms with Gasteiger partial charge >= 0.3 is 0 Å². The molecule has 3 rings (SSSR count). The van der Waals surface area contributed by atoms with Gasteiger partial charge in [0.1, 0.15) is 5.52 Å². The molecule has 0 aromatic carbocycles. The average Bonchev–Trinajstić information content (AvgIpc) is 2.91. The van der Waals surface area contributed by atoms with E-state index < -0.39 is 10.6 Å². The number of fused-ring (bicyclic) bond motifs is 1. The van der Waals surface area contributed by atoms with E-state index in [-0.39, 0.29) is 23.1 Å². The molecule has 1 fully saturated rings. The predicted molar refractivity (Wildman–Crippen MR) is 82.5 cm³/mol. The van der Waals surface area contributed by atoms with Gasteiger partial charge in [-0.3, -0.25) is 4.57 Å². The van der Waals surface area contributed by atoms with E-state index in [9.17, 15) is 0 Å². The fourth-order valence-corrected chi connectivity index (χ4v) is 3.43. The van der Waals surface area contributed by atoms with Crippen LogP contribution in [-0.4, -0.2) is 30.0 Å². The zero-order valence-corrected chi connectivity index (χ0v) is 13.7. The first-order chi connectivity index (χ1) is 9.86. The van der Waals surface area contributed by atoms with Crippen molar-refractivity contribution in [3.05, 3.63) is 11.5 Å². The van der Waals surface area contributed by atoms with Crippen molar-refractivity contribution in [3.8, 4) is 0 Å². The fraction of sp³-hybridized carbons (Fsp3) is 0.583. The van der Waals surface area contributed by atoms with Crippen molar-refractivity contribution in [3.63, 3.8) is 0 Å². The topological polar surface area (TPSA) is 78.8 Å². The molecule has 114 valence electrons. The molecule has 0 amide bonds. The molecule has 0 aliphatic carbocycles. The maximum atomic E-state index is 6.51. The van der Waals surface area contributed by atoms with Crippen molar-refractivity contribution in [1.29, 1.82) is 0 Å². The van der Waals surface area contributed by atoms with Gasteiger partial charge in [-0.2, -0.15) is 9.97 Å². The number of imidazole rings is 1. The third kappa shape index (κ3) is 2.25. The van der Waals surface area contributed by atoms with E-state index in [0.29, 0.717) is 11.2 Å². The minimum absolute atomic E-state index is 0.0389. The Hall–Kier alpha value is -0.820. The van der Waals surface area contributed by atoms with Crippen LogP contribution in [0.15, 0.2) is 6.33 Å². The molecule has 21 heavy (non-hydrogen) atoms. The van der Waals surface area contributed by atoms with Crippen LogP contribution in [0, 0.1) is 5.92 Å². The van der Waals surface area contributed by atoms with Gasteiger partial charge in [0.25, 0.3) is 0 Å². The first-order valence-corrected chi connectivity index (χ1v) is 7.68. The van der Waals surface area contributed by atoms with Crippen molar-refractivity contribution in [2.75, 3.05) is 5.73 Å². The lowest BCUT2D eigenvalue weighted by atomic mass is 10.0. The van der Waals surface area contributed by atoms with Crippen LogP contribution in [0.2, 0.25) is 5.15 Å². The Morgan fingerprint density at radius 1 is 1.43 bits per heavy atom. The van der Waals surface area contributed by atoms with Crippen LogP contribution in [0.5, 0.6) is 0 Å². The number of nitrogens with two attached hydrogens (primary N) is 1. The number of hydrogen-bond donors (Lipinski definition) is 1. The van der Waals surface area contributed by atoms with Gasteiger partial charge in [-0.05, 0) is 6.42 Å². The van der Waals surface area contributed by atoms with E-state index in [1.54, 1.807) is 10.9 Å². The largest absolute Gasteiger partial charge is 0.368 e. The van der Waals surface area contributed by atoms with E-state index in [1.807, 2.05) is 13.8 Å². The van der Waals surface area contributed by atoms with Crippen LogP contribution in [0.4, 0.5) is 5.95 Å². The maximum Gasteiger partial charge on any atom is 0.223 e. The molecule has 6 nitrogen and oxygen atoms in total. The van der Waals surface area contributed by atoms with E-state index in [4.69, 9.17) is 45.3 Å². The van der Waals surface area contributed by atoms with Crippen LogP contribution >= 0.6 is 34.8 Å². The summed E-state index contributed by atoms with van der Waals surface area (Å²) in [6, 6.07) is 0. The number of nitrogen functional groups attached to an aromatic ring is 1. The number of nitrogens with zero attached hydrogens (tertiary/aromatic N) is 4. The second-order valence-corrected chi connectivity index (χ2v) is 6.90. The van der Waals surface area contributed by atoms with Crippen LogP contribution < -0.4 is 5.73 Å². The Labute approximate surface area is 136 Å². The van der Waals surface area contributed by atoms with Gasteiger partial charge < -0.3 is 10.5 Å². The summed E-state index contributed by atoms with van der Waals surface area (Å²) in [5.74, 6) is 0.0185. The Kier molecular flexibility index (Phi) is 3.68. The summed E-state index contributed by atoms with van der Waals surface area (Å²) in [5.41, 5.74) is 6.53. The molecule has 1 aliphatic rings. The number of aromatic nitrogens is 4. The molecule has 9 heteroatoms. The lowest BCUT2D eigenvalue weighted by molar-refractivity contribution is -0.00464. The van der Waals surface area contributed by atoms with Crippen molar-refractivity contribution < 1.29 is 4.74 Å². The second kappa shape index (κ2) is 5.12. The number of anilines is 1. The lowest BCUT2D eigenvalue weighted by Crippen LogP contribution is -2.29. The Morgan fingerprint density at radius 2 is 2.14 bits per heavy atom. The summed E-state index contributed by atoms with van der Waals surface area (Å²) < 4.78 is 6.55. The van der Waals surface area contributed by atoms with Gasteiger partial charge in [-0.25, -0.2) is 4.98 Å². The minimum atomic E-state index is -1.10. The van der Waals surface area contributed by atoms with Crippen molar-refractivity contribution in [2.24, 2.45) is 5.92 Å². The molecule has 2 aromatic rings. The van der Waals surface area contributed by atoms with E-state index in [0.717, 1.165) is 6.42 Å². The van der Waals surface area contributed by atoms with E-state index >= 15 is 0 Å². The molecule has 0 radical (unpaired) electrons. The van der Waals surface area contributed by atoms with Crippen molar-refractivity contribution in [2.45, 2.75) is 36.9 Å². The summed E-state index contributed by atoms with van der Waals surface area (Å²) in [6.45, 7) is 3.99. The van der Waals surface area contributed by atoms with Crippen molar-refractivity contribution >= 4 is 51.9 Å². The number of hydrogen-bond acceptors (Lipinski definition) is 5. The van der Waals surface area contributed by atoms with Gasteiger partial charge in [-0.15, -0.1) is 0 Å². The van der Waals surface area contributed by atoms with Gasteiger partial charge in [0.05, 0.1) is 12.4 Å². The summed E-state index contributed by atoms with van der Waals surface area (Å²) in [6.07, 6.45) is 1.69. The van der Waals surface area contributed by atoms with E-state index in [2.05, 4.69) is 15.0 Å². The van der Waals surface area contributed by atoms with Crippen LogP contribution in [0.25, 0.3) is 11.2 Å². The standard InChI is InChI=1S/C12H14Cl3N5O/c1-3-6-5(2)12(14,15)10(21-6)20-4-17-7-8(13)18-11(16)19-9(7)20/h4-6,10H,3H2,1-2H3,(H2,16,18,19)/t5-,6-,10-/m1/s1. The van der Waals surface area contributed by atoms with Gasteiger partial charge in [0, 0.05) is 5.92 Å². The maximum absolute atomic E-state index is 6.51. The Morgan fingerprint density at radius 3 is 2.76 bits per heavy atom. The molecule has 2 aromatic heterocycles. The summed E-state index contributed by atoms with van der Waals surface area (Å²) in [7, 11) is 0. The normalized spacial score (nSPS) is 28.3. The summed E-state index contributed by atoms with van der Waals surface area (Å²) in [5, 5.41) is 0.184. The average molecular weight is 351 g/mol. The molecule has 1 aliphatic heterocycles. The Balaban J connectivity index is 2.13. The molecule has 2 N–H and O–H groups in total. The number of rotatable bonds is 2. The molecule has 1 saturated heterocycles. The Bertz CT molecular complexity index is 689. The second-order valence-electron chi connectivity index (χ2n) is 5.10. The quantitative estimate of drug-likeness (QED) is 0.665. The lowest BCUT2D eigenvalue weighted by Gasteiger charge is -2.24. The van der Waals surface area contributed by atoms with Gasteiger partial charge in [0.2, 0.25) is 5.95 Å². The molecule has 3 heterocycles. The third-order valence-electron chi connectivity index (χ3n) is 3.85. The number of alkyl halides is 2. The molecular formula is C12H14Cl3N5O. The highest BCUT2D eigenvalue weighted by molar-refractivity contribution is 6.49. The van der Waals surface area contributed by atoms with Gasteiger partial charge in [-0.1, -0.05) is 48.7 Å². The highest BCUT2D eigenvalue weighted by Gasteiger charge is 2.53. The van der Waals surface area contributed by atoms with Gasteiger partial charge in [0.15, 0.2) is 21.4 Å². The van der Waals surface area contributed by atoms with Crippen LogP contribution in [-0.2, 0) is 4.74 Å². The van der Waals surface area contributed by atoms with E-state index in [1.165, 1.54) is 0 Å². The highest BCUT2D eigenvalue weighted by atomic mass is 35.5. The monoisotopic (exact) mass is 349 g/mol. The third-order valence-corrected chi connectivity index (χ3v) is 5.17. The molecule has 3 atom stereocenters. The number of ether oxygens (including phenoxy) is 1. The van der Waals surface area contributed by atoms with Crippen molar-refractivity contribution in [1.82, 2.24) is 19.5 Å². The van der Waals surface area contributed by atoms with Crippen LogP contribution in [0.1, 0.15) is 26.5 Å². The summed E-state index contributed by atoms with van der Waals surface area (Å²) in [4.78, 5) is 12.2. The zero-order chi connectivity index (χ0) is 15.4. The first-order valence-electron chi connectivity index (χ1n) is 6.55. The van der Waals surface area contributed by atoms with Crippen LogP contribution in [0.3, 0.4) is 0 Å². The molecule has 0 unspecified atom stereocenters. The predicted octanol–water partition coefficient (Wildman–Crippen LogP) is 3.18. The zero-order valence-electron chi connectivity index (χ0n) is 11.4. The molecular weight excluding hydrogens is 337 g/mol. The minimum Gasteiger partial charge on any atom is -0.368 e. The smallest absolute Gasteiger partial charge is 0.223 e. The molecule has 0 bridgehead atoms. The first kappa shape index (κ1) is 15.1.